The van der Waals surface area contributed by atoms with E-state index in [1.54, 1.807) is 22.1 Å². The molecular formula is C23H23F5N6O3. The molecule has 0 spiro atoms. The zero-order chi connectivity index (χ0) is 26.4. The lowest BCUT2D eigenvalue weighted by atomic mass is 9.96. The number of hydrogen-bond acceptors (Lipinski definition) is 7. The molecule has 198 valence electrons. The topological polar surface area (TPSA) is 95.2 Å². The molecule has 0 radical (unpaired) electrons. The summed E-state index contributed by atoms with van der Waals surface area (Å²) in [6.45, 7) is -0.443. The fraction of sp³-hybridized carbons (Fsp3) is 0.435. The molecule has 0 saturated carbocycles. The molecular weight excluding hydrogens is 503 g/mol. The van der Waals surface area contributed by atoms with Crippen LogP contribution in [0.3, 0.4) is 0 Å². The molecule has 1 fully saturated rings. The number of aliphatic hydroxyl groups excluding tert-OH is 1. The maximum Gasteiger partial charge on any atom is 0.430 e. The van der Waals surface area contributed by atoms with Crippen LogP contribution in [-0.4, -0.2) is 88.0 Å². The Labute approximate surface area is 207 Å². The lowest BCUT2D eigenvalue weighted by Gasteiger charge is -2.37. The van der Waals surface area contributed by atoms with Crippen molar-refractivity contribution in [1.82, 2.24) is 19.5 Å². The van der Waals surface area contributed by atoms with Crippen molar-refractivity contribution < 1.29 is 36.6 Å². The number of aliphatic hydroxyl groups is 1. The molecule has 1 amide bonds. The number of rotatable bonds is 6. The summed E-state index contributed by atoms with van der Waals surface area (Å²) in [5.74, 6) is -0.638. The molecule has 0 unspecified atom stereocenters. The van der Waals surface area contributed by atoms with Crippen LogP contribution in [0, 0.1) is 0 Å². The van der Waals surface area contributed by atoms with Crippen molar-refractivity contribution >= 4 is 22.9 Å². The van der Waals surface area contributed by atoms with Crippen LogP contribution in [0.4, 0.5) is 33.3 Å². The Morgan fingerprint density at radius 3 is 2.65 bits per heavy atom. The zero-order valence-corrected chi connectivity index (χ0v) is 19.4. The Morgan fingerprint density at radius 2 is 1.97 bits per heavy atom. The third-order valence-electron chi connectivity index (χ3n) is 6.61. The molecule has 2 aromatic heterocycles. The summed E-state index contributed by atoms with van der Waals surface area (Å²) in [4.78, 5) is 20.7. The summed E-state index contributed by atoms with van der Waals surface area (Å²) < 4.78 is 73.6. The highest BCUT2D eigenvalue weighted by Crippen LogP contribution is 2.47. The average molecular weight is 526 g/mol. The quantitative estimate of drug-likeness (QED) is 0.477. The molecule has 14 heteroatoms. The van der Waals surface area contributed by atoms with Gasteiger partial charge in [-0.1, -0.05) is 0 Å². The Hall–Kier alpha value is -3.52. The van der Waals surface area contributed by atoms with Crippen LogP contribution in [0.15, 0.2) is 36.8 Å². The minimum Gasteiger partial charge on any atom is -0.475 e. The Kier molecular flexibility index (Phi) is 6.40. The number of aromatic nitrogens is 3. The number of amides is 1. The van der Waals surface area contributed by atoms with E-state index in [1.165, 1.54) is 29.0 Å². The number of fused-ring (bicyclic) bond motifs is 2. The number of nitrogens with one attached hydrogen (secondary N) is 1. The number of nitrogens with zero attached hydrogens (tertiary/aromatic N) is 5. The monoisotopic (exact) mass is 526 g/mol. The van der Waals surface area contributed by atoms with Crippen LogP contribution >= 0.6 is 0 Å². The summed E-state index contributed by atoms with van der Waals surface area (Å²) in [7, 11) is 0. The van der Waals surface area contributed by atoms with Crippen LogP contribution < -0.4 is 15.0 Å². The number of carbonyl (C=O) groups is 1. The van der Waals surface area contributed by atoms with Crippen molar-refractivity contribution in [2.45, 2.75) is 24.6 Å². The highest BCUT2D eigenvalue weighted by molar-refractivity contribution is 6.09. The number of piperazine rings is 1. The van der Waals surface area contributed by atoms with Crippen molar-refractivity contribution in [1.29, 1.82) is 0 Å². The van der Waals surface area contributed by atoms with Crippen molar-refractivity contribution in [3.63, 3.8) is 0 Å². The lowest BCUT2D eigenvalue weighted by Crippen LogP contribution is -2.52. The summed E-state index contributed by atoms with van der Waals surface area (Å²) >= 11 is 0. The number of alkyl halides is 5. The normalized spacial score (nSPS) is 20.4. The fourth-order valence-electron chi connectivity index (χ4n) is 4.64. The maximum atomic E-state index is 13.8. The third kappa shape index (κ3) is 4.66. The molecule has 0 bridgehead atoms. The van der Waals surface area contributed by atoms with Gasteiger partial charge in [0.25, 0.3) is 12.3 Å². The number of anilines is 2. The van der Waals surface area contributed by atoms with Gasteiger partial charge in [-0.2, -0.15) is 18.3 Å². The highest BCUT2D eigenvalue weighted by atomic mass is 19.4. The van der Waals surface area contributed by atoms with E-state index in [9.17, 15) is 31.9 Å². The van der Waals surface area contributed by atoms with E-state index >= 15 is 0 Å². The second kappa shape index (κ2) is 9.41. The highest BCUT2D eigenvalue weighted by Gasteiger charge is 2.60. The first-order valence-electron chi connectivity index (χ1n) is 11.5. The Balaban J connectivity index is 1.48. The van der Waals surface area contributed by atoms with E-state index in [0.717, 1.165) is 0 Å². The standard InChI is InChI=1S/C23H23F5N6O3/c24-19(25)12-32-4-6-33(7-5-32)17-9-18-14(10-22(13-35,37-18)23(26,27)28)8-16(17)31-21(36)15-11-30-34-3-1-2-29-20(15)34/h1-3,8-9,11,19,35H,4-7,10,12-13H2,(H,31,36)/t22-/m1/s1. The largest absolute Gasteiger partial charge is 0.475 e. The summed E-state index contributed by atoms with van der Waals surface area (Å²) in [6.07, 6.45) is -3.52. The Morgan fingerprint density at radius 1 is 1.22 bits per heavy atom. The molecule has 2 N–H and O–H groups in total. The van der Waals surface area contributed by atoms with Crippen LogP contribution in [0.5, 0.6) is 5.75 Å². The molecule has 9 nitrogen and oxygen atoms in total. The third-order valence-corrected chi connectivity index (χ3v) is 6.61. The van der Waals surface area contributed by atoms with E-state index in [2.05, 4.69) is 15.4 Å². The van der Waals surface area contributed by atoms with Gasteiger partial charge in [-0.05, 0) is 12.1 Å². The number of halogens is 5. The van der Waals surface area contributed by atoms with Crippen LogP contribution in [-0.2, 0) is 6.42 Å². The smallest absolute Gasteiger partial charge is 0.430 e. The molecule has 5 rings (SSSR count). The maximum absolute atomic E-state index is 13.8. The molecule has 1 atom stereocenters. The zero-order valence-electron chi connectivity index (χ0n) is 19.4. The Bertz CT molecular complexity index is 1310. The summed E-state index contributed by atoms with van der Waals surface area (Å²) in [5, 5.41) is 16.4. The summed E-state index contributed by atoms with van der Waals surface area (Å²) in [6, 6.07) is 4.43. The number of hydrogen-bond donors (Lipinski definition) is 2. The van der Waals surface area contributed by atoms with Gasteiger partial charge in [-0.25, -0.2) is 18.3 Å². The van der Waals surface area contributed by atoms with E-state index < -0.39 is 37.1 Å². The van der Waals surface area contributed by atoms with Gasteiger partial charge in [-0.3, -0.25) is 9.69 Å². The predicted octanol–water partition coefficient (Wildman–Crippen LogP) is 2.60. The van der Waals surface area contributed by atoms with Gasteiger partial charge in [0.1, 0.15) is 11.3 Å². The van der Waals surface area contributed by atoms with Gasteiger partial charge in [0.05, 0.1) is 30.7 Å². The van der Waals surface area contributed by atoms with Gasteiger partial charge in [0.15, 0.2) is 5.65 Å². The van der Waals surface area contributed by atoms with Crippen molar-refractivity contribution in [2.75, 3.05) is 49.5 Å². The molecule has 2 aliphatic heterocycles. The lowest BCUT2D eigenvalue weighted by molar-refractivity contribution is -0.252. The molecule has 1 aromatic carbocycles. The van der Waals surface area contributed by atoms with Crippen LogP contribution in [0.25, 0.3) is 5.65 Å². The second-order valence-corrected chi connectivity index (χ2v) is 8.99. The predicted molar refractivity (Wildman–Crippen MR) is 122 cm³/mol. The number of carbonyl (C=O) groups excluding carboxylic acids is 1. The molecule has 3 aromatic rings. The van der Waals surface area contributed by atoms with E-state index in [4.69, 9.17) is 4.74 Å². The van der Waals surface area contributed by atoms with Crippen molar-refractivity contribution in [2.24, 2.45) is 0 Å². The first-order valence-corrected chi connectivity index (χ1v) is 11.5. The first-order chi connectivity index (χ1) is 17.6. The minimum atomic E-state index is -4.84. The molecule has 0 aliphatic carbocycles. The van der Waals surface area contributed by atoms with Crippen molar-refractivity contribution in [3.8, 4) is 5.75 Å². The van der Waals surface area contributed by atoms with Crippen LogP contribution in [0.2, 0.25) is 0 Å². The number of ether oxygens (including phenoxy) is 1. The minimum absolute atomic E-state index is 0.0629. The van der Waals surface area contributed by atoms with E-state index in [1.807, 2.05) is 0 Å². The first kappa shape index (κ1) is 25.1. The van der Waals surface area contributed by atoms with Crippen LogP contribution in [0.1, 0.15) is 15.9 Å². The fourth-order valence-corrected chi connectivity index (χ4v) is 4.64. The summed E-state index contributed by atoms with van der Waals surface area (Å²) in [5.41, 5.74) is -1.57. The van der Waals surface area contributed by atoms with E-state index in [0.29, 0.717) is 37.5 Å². The number of benzene rings is 1. The van der Waals surface area contributed by atoms with Gasteiger partial charge in [-0.15, -0.1) is 0 Å². The van der Waals surface area contributed by atoms with Gasteiger partial charge >= 0.3 is 6.18 Å². The molecule has 37 heavy (non-hydrogen) atoms. The van der Waals surface area contributed by atoms with Gasteiger partial charge in [0.2, 0.25) is 5.60 Å². The second-order valence-electron chi connectivity index (χ2n) is 8.99. The average Bonchev–Trinajstić information content (AvgIpc) is 3.45. The molecule has 4 heterocycles. The SMILES string of the molecule is O=C(Nc1cc2c(cc1N1CCN(CC(F)F)CC1)O[C@](CO)(C(F)(F)F)C2)c1cnn2cccnc12. The van der Waals surface area contributed by atoms with Gasteiger partial charge in [0, 0.05) is 56.6 Å². The van der Waals surface area contributed by atoms with E-state index in [-0.39, 0.29) is 29.1 Å². The molecule has 1 saturated heterocycles. The van der Waals surface area contributed by atoms with Gasteiger partial charge < -0.3 is 20.1 Å². The molecule has 2 aliphatic rings. The van der Waals surface area contributed by atoms with Crippen molar-refractivity contribution in [3.05, 3.63) is 47.9 Å².